The van der Waals surface area contributed by atoms with Crippen molar-refractivity contribution in [1.29, 1.82) is 0 Å². The second-order valence-corrected chi connectivity index (χ2v) is 8.38. The normalized spacial score (nSPS) is 15.3. The Hall–Kier alpha value is -2.09. The summed E-state index contributed by atoms with van der Waals surface area (Å²) in [6, 6.07) is 12.3. The van der Waals surface area contributed by atoms with E-state index in [1.54, 1.807) is 24.3 Å². The molecule has 0 saturated heterocycles. The molecule has 1 aliphatic carbocycles. The van der Waals surface area contributed by atoms with E-state index in [9.17, 15) is 13.2 Å². The minimum atomic E-state index is -3.84. The van der Waals surface area contributed by atoms with E-state index in [0.29, 0.717) is 17.5 Å². The van der Waals surface area contributed by atoms with Gasteiger partial charge in [0.2, 0.25) is 0 Å². The van der Waals surface area contributed by atoms with Crippen molar-refractivity contribution in [2.75, 3.05) is 11.3 Å². The Morgan fingerprint density at radius 3 is 2.50 bits per heavy atom. The van der Waals surface area contributed by atoms with Crippen molar-refractivity contribution in [3.63, 3.8) is 0 Å². The lowest BCUT2D eigenvalue weighted by molar-refractivity contribution is 0.0934. The fourth-order valence-corrected chi connectivity index (χ4v) is 3.98. The lowest BCUT2D eigenvalue weighted by atomic mass is 10.1. The van der Waals surface area contributed by atoms with Crippen molar-refractivity contribution >= 4 is 33.2 Å². The van der Waals surface area contributed by atoms with Crippen molar-refractivity contribution < 1.29 is 13.2 Å². The van der Waals surface area contributed by atoms with E-state index in [2.05, 4.69) is 10.0 Å². The number of carbonyl (C=O) groups is 1. The van der Waals surface area contributed by atoms with Gasteiger partial charge < -0.3 is 11.1 Å². The standard InChI is InChI=1S/C18H20ClN3O3S/c19-13-8-9-15(18(23)21-17(11-20)12-6-7-12)16(10-13)22-26(24,25)14-4-2-1-3-5-14/h1-5,8-10,12,17,22H,6-7,11,20H2,(H,21,23). The van der Waals surface area contributed by atoms with E-state index in [-0.39, 0.29) is 28.1 Å². The first-order valence-corrected chi connectivity index (χ1v) is 10.1. The third-order valence-electron chi connectivity index (χ3n) is 4.29. The summed E-state index contributed by atoms with van der Waals surface area (Å²) in [5, 5.41) is 3.21. The number of carbonyl (C=O) groups excluding carboxylic acids is 1. The van der Waals surface area contributed by atoms with E-state index in [1.807, 2.05) is 0 Å². The number of sulfonamides is 1. The van der Waals surface area contributed by atoms with E-state index in [0.717, 1.165) is 12.8 Å². The van der Waals surface area contributed by atoms with Crippen molar-refractivity contribution in [3.05, 3.63) is 59.1 Å². The van der Waals surface area contributed by atoms with Crippen LogP contribution in [0.2, 0.25) is 5.02 Å². The van der Waals surface area contributed by atoms with Gasteiger partial charge >= 0.3 is 0 Å². The first-order valence-electron chi connectivity index (χ1n) is 8.29. The van der Waals surface area contributed by atoms with Gasteiger partial charge in [-0.1, -0.05) is 29.8 Å². The van der Waals surface area contributed by atoms with Gasteiger partial charge in [0, 0.05) is 17.6 Å². The molecule has 1 amide bonds. The molecule has 4 N–H and O–H groups in total. The maximum absolute atomic E-state index is 12.7. The maximum Gasteiger partial charge on any atom is 0.261 e. The van der Waals surface area contributed by atoms with Crippen LogP contribution in [-0.2, 0) is 10.0 Å². The molecule has 6 nitrogen and oxygen atoms in total. The minimum Gasteiger partial charge on any atom is -0.348 e. The summed E-state index contributed by atoms with van der Waals surface area (Å²) in [5.41, 5.74) is 6.06. The average Bonchev–Trinajstić information content (AvgIpc) is 3.45. The molecule has 2 aromatic carbocycles. The number of hydrogen-bond acceptors (Lipinski definition) is 4. The smallest absolute Gasteiger partial charge is 0.261 e. The molecule has 1 saturated carbocycles. The Kier molecular flexibility index (Phi) is 5.50. The zero-order valence-electron chi connectivity index (χ0n) is 14.0. The highest BCUT2D eigenvalue weighted by molar-refractivity contribution is 7.92. The van der Waals surface area contributed by atoms with Crippen LogP contribution in [0.4, 0.5) is 5.69 Å². The zero-order valence-corrected chi connectivity index (χ0v) is 15.6. The predicted octanol–water partition coefficient (Wildman–Crippen LogP) is 2.61. The number of rotatable bonds is 7. The molecule has 2 aromatic rings. The molecule has 0 spiro atoms. The van der Waals surface area contributed by atoms with Crippen molar-refractivity contribution in [2.45, 2.75) is 23.8 Å². The van der Waals surface area contributed by atoms with Gasteiger partial charge in [-0.3, -0.25) is 9.52 Å². The summed E-state index contributed by atoms with van der Waals surface area (Å²) < 4.78 is 27.6. The van der Waals surface area contributed by atoms with Gasteiger partial charge in [-0.25, -0.2) is 8.42 Å². The van der Waals surface area contributed by atoms with Crippen LogP contribution in [0.5, 0.6) is 0 Å². The van der Waals surface area contributed by atoms with Crippen LogP contribution in [-0.4, -0.2) is 26.9 Å². The molecular formula is C18H20ClN3O3S. The highest BCUT2D eigenvalue weighted by atomic mass is 35.5. The molecule has 0 heterocycles. The topological polar surface area (TPSA) is 101 Å². The second-order valence-electron chi connectivity index (χ2n) is 6.26. The molecule has 3 rings (SSSR count). The average molecular weight is 394 g/mol. The Morgan fingerprint density at radius 1 is 1.19 bits per heavy atom. The number of anilines is 1. The molecular weight excluding hydrogens is 374 g/mol. The van der Waals surface area contributed by atoms with Crippen molar-refractivity contribution in [3.8, 4) is 0 Å². The number of hydrogen-bond donors (Lipinski definition) is 3. The number of halogens is 1. The fourth-order valence-electron chi connectivity index (χ4n) is 2.72. The van der Waals surface area contributed by atoms with Crippen LogP contribution < -0.4 is 15.8 Å². The molecule has 0 radical (unpaired) electrons. The molecule has 1 unspecified atom stereocenters. The second kappa shape index (κ2) is 7.65. The Balaban J connectivity index is 1.87. The molecule has 8 heteroatoms. The molecule has 0 aliphatic heterocycles. The van der Waals surface area contributed by atoms with Gasteiger partial charge in [0.15, 0.2) is 0 Å². The Bertz CT molecular complexity index is 899. The first kappa shape index (κ1) is 18.7. The van der Waals surface area contributed by atoms with Crippen LogP contribution in [0.3, 0.4) is 0 Å². The Labute approximate surface area is 157 Å². The van der Waals surface area contributed by atoms with E-state index >= 15 is 0 Å². The molecule has 1 fully saturated rings. The van der Waals surface area contributed by atoms with Crippen LogP contribution >= 0.6 is 11.6 Å². The van der Waals surface area contributed by atoms with Gasteiger partial charge in [0.1, 0.15) is 0 Å². The van der Waals surface area contributed by atoms with Gasteiger partial charge in [0.25, 0.3) is 15.9 Å². The van der Waals surface area contributed by atoms with E-state index in [1.165, 1.54) is 24.3 Å². The summed E-state index contributed by atoms with van der Waals surface area (Å²) in [5.74, 6) is 0.00971. The monoisotopic (exact) mass is 393 g/mol. The SMILES string of the molecule is NCC(NC(=O)c1ccc(Cl)cc1NS(=O)(=O)c1ccccc1)C1CC1. The largest absolute Gasteiger partial charge is 0.348 e. The summed E-state index contributed by atoms with van der Waals surface area (Å²) in [6.45, 7) is 0.342. The number of nitrogens with one attached hydrogen (secondary N) is 2. The van der Waals surface area contributed by atoms with E-state index < -0.39 is 10.0 Å². The summed E-state index contributed by atoms with van der Waals surface area (Å²) in [7, 11) is -3.84. The highest BCUT2D eigenvalue weighted by Crippen LogP contribution is 2.32. The van der Waals surface area contributed by atoms with Gasteiger partial charge in [-0.15, -0.1) is 0 Å². The quantitative estimate of drug-likeness (QED) is 0.672. The third-order valence-corrected chi connectivity index (χ3v) is 5.90. The van der Waals surface area contributed by atoms with Crippen LogP contribution in [0.1, 0.15) is 23.2 Å². The number of nitrogens with two attached hydrogens (primary N) is 1. The van der Waals surface area contributed by atoms with Crippen LogP contribution in [0.25, 0.3) is 0 Å². The van der Waals surface area contributed by atoms with Gasteiger partial charge in [-0.2, -0.15) is 0 Å². The van der Waals surface area contributed by atoms with Crippen molar-refractivity contribution in [1.82, 2.24) is 5.32 Å². The van der Waals surface area contributed by atoms with Crippen LogP contribution in [0, 0.1) is 5.92 Å². The predicted molar refractivity (Wildman–Crippen MR) is 102 cm³/mol. The first-order chi connectivity index (χ1) is 12.4. The maximum atomic E-state index is 12.7. The molecule has 26 heavy (non-hydrogen) atoms. The molecule has 1 aliphatic rings. The molecule has 1 atom stereocenters. The number of amides is 1. The van der Waals surface area contributed by atoms with Crippen LogP contribution in [0.15, 0.2) is 53.4 Å². The summed E-state index contributed by atoms with van der Waals surface area (Å²) in [4.78, 5) is 12.8. The third kappa shape index (κ3) is 4.35. The molecule has 0 aromatic heterocycles. The van der Waals surface area contributed by atoms with Gasteiger partial charge in [-0.05, 0) is 49.1 Å². The van der Waals surface area contributed by atoms with E-state index in [4.69, 9.17) is 17.3 Å². The summed E-state index contributed by atoms with van der Waals surface area (Å²) in [6.07, 6.45) is 2.08. The molecule has 0 bridgehead atoms. The zero-order chi connectivity index (χ0) is 18.7. The minimum absolute atomic E-state index is 0.101. The summed E-state index contributed by atoms with van der Waals surface area (Å²) >= 11 is 6.00. The fraction of sp³-hybridized carbons (Fsp3) is 0.278. The lowest BCUT2D eigenvalue weighted by Crippen LogP contribution is -2.42. The van der Waals surface area contributed by atoms with Gasteiger partial charge in [0.05, 0.1) is 16.1 Å². The lowest BCUT2D eigenvalue weighted by Gasteiger charge is -2.18. The highest BCUT2D eigenvalue weighted by Gasteiger charge is 2.32. The van der Waals surface area contributed by atoms with Crippen molar-refractivity contribution in [2.24, 2.45) is 11.7 Å². The molecule has 138 valence electrons. The Morgan fingerprint density at radius 2 is 1.88 bits per heavy atom. The number of benzene rings is 2.